The number of nitrogens with zero attached hydrogens (tertiary/aromatic N) is 1. The summed E-state index contributed by atoms with van der Waals surface area (Å²) < 4.78 is 53.6. The van der Waals surface area contributed by atoms with E-state index in [0.717, 1.165) is 9.87 Å². The highest BCUT2D eigenvalue weighted by Crippen LogP contribution is 2.47. The molecule has 0 atom stereocenters. The molecule has 0 heterocycles. The van der Waals surface area contributed by atoms with Crippen molar-refractivity contribution < 1.29 is 16.8 Å². The quantitative estimate of drug-likeness (QED) is 0.734. The third kappa shape index (κ3) is 4.01. The monoisotopic (exact) mass is 448 g/mol. The second-order valence-electron chi connectivity index (χ2n) is 6.58. The van der Waals surface area contributed by atoms with E-state index in [4.69, 9.17) is 23.2 Å². The zero-order valence-corrected chi connectivity index (χ0v) is 17.8. The van der Waals surface area contributed by atoms with Crippen molar-refractivity contribution in [3.8, 4) is 0 Å². The first-order valence-corrected chi connectivity index (χ1v) is 11.7. The molecule has 0 radical (unpaired) electrons. The van der Waals surface area contributed by atoms with Crippen LogP contribution in [-0.4, -0.2) is 35.2 Å². The number of sulfonamides is 2. The van der Waals surface area contributed by atoms with Gasteiger partial charge in [-0.15, -0.1) is 0 Å². The van der Waals surface area contributed by atoms with Gasteiger partial charge >= 0.3 is 0 Å². The minimum Gasteiger partial charge on any atom is -0.207 e. The van der Waals surface area contributed by atoms with Crippen LogP contribution in [0.4, 0.5) is 0 Å². The van der Waals surface area contributed by atoms with Gasteiger partial charge in [-0.1, -0.05) is 29.3 Å². The molecule has 1 fully saturated rings. The highest BCUT2D eigenvalue weighted by molar-refractivity contribution is 7.89. The summed E-state index contributed by atoms with van der Waals surface area (Å²) in [7, 11) is -4.64. The highest BCUT2D eigenvalue weighted by Gasteiger charge is 2.47. The molecule has 1 saturated carbocycles. The molecule has 0 bridgehead atoms. The molecule has 0 saturated heterocycles. The zero-order valence-electron chi connectivity index (χ0n) is 14.6. The molecule has 0 unspecified atom stereocenters. The first kappa shape index (κ1) is 20.6. The van der Waals surface area contributed by atoms with Gasteiger partial charge in [0, 0.05) is 14.1 Å². The van der Waals surface area contributed by atoms with E-state index in [0.29, 0.717) is 22.9 Å². The van der Waals surface area contributed by atoms with Gasteiger partial charge in [0.05, 0.1) is 25.4 Å². The average molecular weight is 449 g/mol. The van der Waals surface area contributed by atoms with Crippen LogP contribution in [0.1, 0.15) is 18.4 Å². The Morgan fingerprint density at radius 1 is 0.889 bits per heavy atom. The molecule has 0 amide bonds. The number of nitrogens with one attached hydrogen (secondary N) is 1. The van der Waals surface area contributed by atoms with Crippen molar-refractivity contribution in [2.75, 3.05) is 14.1 Å². The lowest BCUT2D eigenvalue weighted by molar-refractivity contribution is 0.520. The van der Waals surface area contributed by atoms with Gasteiger partial charge < -0.3 is 0 Å². The molecule has 27 heavy (non-hydrogen) atoms. The van der Waals surface area contributed by atoms with E-state index in [1.54, 1.807) is 18.2 Å². The lowest BCUT2D eigenvalue weighted by Gasteiger charge is -2.19. The molecule has 1 aliphatic carbocycles. The Morgan fingerprint density at radius 2 is 1.44 bits per heavy atom. The number of benzene rings is 2. The summed E-state index contributed by atoms with van der Waals surface area (Å²) in [6.07, 6.45) is 1.27. The Morgan fingerprint density at radius 3 is 1.93 bits per heavy atom. The van der Waals surface area contributed by atoms with Crippen molar-refractivity contribution in [2.24, 2.45) is 0 Å². The smallest absolute Gasteiger partial charge is 0.207 e. The number of halogens is 2. The molecule has 6 nitrogen and oxygen atoms in total. The molecule has 1 N–H and O–H groups in total. The van der Waals surface area contributed by atoms with Crippen LogP contribution >= 0.6 is 23.2 Å². The van der Waals surface area contributed by atoms with E-state index in [1.165, 1.54) is 38.4 Å². The van der Waals surface area contributed by atoms with Crippen LogP contribution in [0.5, 0.6) is 0 Å². The molecular weight excluding hydrogens is 431 g/mol. The Bertz CT molecular complexity index is 1080. The summed E-state index contributed by atoms with van der Waals surface area (Å²) in [4.78, 5) is 0.0172. The normalized spacial score (nSPS) is 16.5. The van der Waals surface area contributed by atoms with Gasteiger partial charge in [0.1, 0.15) is 0 Å². The van der Waals surface area contributed by atoms with Gasteiger partial charge in [0.2, 0.25) is 20.0 Å². The first-order chi connectivity index (χ1) is 12.5. The topological polar surface area (TPSA) is 83.6 Å². The van der Waals surface area contributed by atoms with Gasteiger partial charge in [0.15, 0.2) is 0 Å². The maximum atomic E-state index is 12.8. The molecule has 2 aromatic carbocycles. The summed E-state index contributed by atoms with van der Waals surface area (Å²) in [6, 6.07) is 10.2. The van der Waals surface area contributed by atoms with Crippen LogP contribution in [0, 0.1) is 0 Å². The van der Waals surface area contributed by atoms with Crippen LogP contribution in [0.15, 0.2) is 52.3 Å². The molecule has 10 heteroatoms. The Kier molecular flexibility index (Phi) is 5.35. The fourth-order valence-corrected chi connectivity index (χ4v) is 5.33. The Labute approximate surface area is 169 Å². The number of hydrogen-bond acceptors (Lipinski definition) is 4. The lowest BCUT2D eigenvalue weighted by atomic mass is 10.1. The minimum atomic E-state index is -3.84. The molecule has 3 rings (SSSR count). The van der Waals surface area contributed by atoms with Crippen molar-refractivity contribution in [1.29, 1.82) is 0 Å². The molecule has 0 aliphatic heterocycles. The van der Waals surface area contributed by atoms with E-state index < -0.39 is 25.6 Å². The van der Waals surface area contributed by atoms with Crippen molar-refractivity contribution >= 4 is 43.2 Å². The summed E-state index contributed by atoms with van der Waals surface area (Å²) in [5, 5.41) is 0.759. The van der Waals surface area contributed by atoms with Crippen LogP contribution in [0.3, 0.4) is 0 Å². The number of rotatable bonds is 6. The van der Waals surface area contributed by atoms with E-state index in [1.807, 2.05) is 0 Å². The third-order valence-electron chi connectivity index (χ3n) is 4.46. The molecule has 0 aromatic heterocycles. The molecule has 146 valence electrons. The highest BCUT2D eigenvalue weighted by atomic mass is 35.5. The fourth-order valence-electron chi connectivity index (χ4n) is 2.69. The summed E-state index contributed by atoms with van der Waals surface area (Å²) >= 11 is 12.0. The molecular formula is C17H18Cl2N2O4S2. The summed E-state index contributed by atoms with van der Waals surface area (Å²) in [5.74, 6) is 0. The van der Waals surface area contributed by atoms with Crippen molar-refractivity contribution in [3.63, 3.8) is 0 Å². The predicted molar refractivity (Wildman–Crippen MR) is 105 cm³/mol. The lowest BCUT2D eigenvalue weighted by Crippen LogP contribution is -2.34. The van der Waals surface area contributed by atoms with Crippen molar-refractivity contribution in [1.82, 2.24) is 9.03 Å². The van der Waals surface area contributed by atoms with Crippen LogP contribution < -0.4 is 4.72 Å². The van der Waals surface area contributed by atoms with E-state index in [9.17, 15) is 16.8 Å². The van der Waals surface area contributed by atoms with Gasteiger partial charge in [-0.05, 0) is 54.8 Å². The first-order valence-electron chi connectivity index (χ1n) is 8.00. The maximum absolute atomic E-state index is 12.8. The Balaban J connectivity index is 1.88. The second kappa shape index (κ2) is 7.02. The number of hydrogen-bond donors (Lipinski definition) is 1. The average Bonchev–Trinajstić information content (AvgIpc) is 3.37. The standard InChI is InChI=1S/C17H18Cl2N2O4S2/c1-21(2)27(24,25)14-6-4-13(5-7-14)26(22,23)20-17(9-10-17)12-3-8-15(18)16(19)11-12/h3-8,11,20H,9-10H2,1-2H3. The van der Waals surface area contributed by atoms with Gasteiger partial charge in [-0.3, -0.25) is 0 Å². The van der Waals surface area contributed by atoms with Gasteiger partial charge in [0.25, 0.3) is 0 Å². The van der Waals surface area contributed by atoms with Gasteiger partial charge in [-0.25, -0.2) is 25.9 Å². The van der Waals surface area contributed by atoms with E-state index in [-0.39, 0.29) is 9.79 Å². The summed E-state index contributed by atoms with van der Waals surface area (Å²) in [6.45, 7) is 0. The minimum absolute atomic E-state index is 0.00783. The maximum Gasteiger partial charge on any atom is 0.242 e. The zero-order chi connectivity index (χ0) is 20.0. The molecule has 2 aromatic rings. The SMILES string of the molecule is CN(C)S(=O)(=O)c1ccc(S(=O)(=O)NC2(c3ccc(Cl)c(Cl)c3)CC2)cc1. The van der Waals surface area contributed by atoms with Gasteiger partial charge in [-0.2, -0.15) is 0 Å². The van der Waals surface area contributed by atoms with Crippen LogP contribution in [-0.2, 0) is 25.6 Å². The molecule has 0 spiro atoms. The summed E-state index contributed by atoms with van der Waals surface area (Å²) in [5.41, 5.74) is 0.0221. The van der Waals surface area contributed by atoms with Crippen molar-refractivity contribution in [3.05, 3.63) is 58.1 Å². The predicted octanol–water partition coefficient (Wildman–Crippen LogP) is 3.21. The van der Waals surface area contributed by atoms with Crippen molar-refractivity contribution in [2.45, 2.75) is 28.2 Å². The molecule has 1 aliphatic rings. The van der Waals surface area contributed by atoms with E-state index in [2.05, 4.69) is 4.72 Å². The fraction of sp³-hybridized carbons (Fsp3) is 0.294. The van der Waals surface area contributed by atoms with E-state index >= 15 is 0 Å². The third-order valence-corrected chi connectivity index (χ3v) is 8.59. The largest absolute Gasteiger partial charge is 0.242 e. The Hall–Kier alpha value is -1.16. The van der Waals surface area contributed by atoms with Crippen LogP contribution in [0.25, 0.3) is 0 Å². The second-order valence-corrected chi connectivity index (χ2v) is 11.2. The van der Waals surface area contributed by atoms with Crippen LogP contribution in [0.2, 0.25) is 10.0 Å².